The van der Waals surface area contributed by atoms with Gasteiger partial charge in [0.15, 0.2) is 0 Å². The van der Waals surface area contributed by atoms with Crippen molar-refractivity contribution in [1.29, 1.82) is 0 Å². The number of amides is 2. The third-order valence-electron chi connectivity index (χ3n) is 3.48. The fourth-order valence-corrected chi connectivity index (χ4v) is 3.09. The highest BCUT2D eigenvalue weighted by Gasteiger charge is 2.15. The topological polar surface area (TPSA) is 134 Å². The number of phenols is 1. The number of aromatic hydroxyl groups is 1. The Labute approximate surface area is 156 Å². The Hall–Kier alpha value is -3.11. The third kappa shape index (κ3) is 5.69. The number of carbonyl (C=O) groups excluding carboxylic acids is 2. The first-order chi connectivity index (χ1) is 12.8. The number of hydrogen-bond donors (Lipinski definition) is 4. The Morgan fingerprint density at radius 3 is 2.33 bits per heavy atom. The van der Waals surface area contributed by atoms with E-state index in [4.69, 9.17) is 4.74 Å². The Kier molecular flexibility index (Phi) is 6.74. The summed E-state index contributed by atoms with van der Waals surface area (Å²) in [5, 5.41) is 9.56. The molecule has 0 bridgehead atoms. The summed E-state index contributed by atoms with van der Waals surface area (Å²) in [5.41, 5.74) is 4.29. The van der Waals surface area contributed by atoms with Crippen LogP contribution in [0.3, 0.4) is 0 Å². The second-order valence-corrected chi connectivity index (χ2v) is 7.11. The quantitative estimate of drug-likeness (QED) is 0.507. The molecule has 0 saturated heterocycles. The number of nitrogens with one attached hydrogen (secondary N) is 3. The van der Waals surface area contributed by atoms with E-state index in [1.807, 2.05) is 0 Å². The minimum atomic E-state index is -3.77. The highest BCUT2D eigenvalue weighted by molar-refractivity contribution is 7.89. The van der Waals surface area contributed by atoms with Crippen molar-refractivity contribution in [3.63, 3.8) is 0 Å². The lowest BCUT2D eigenvalue weighted by Crippen LogP contribution is -2.42. The molecule has 0 saturated carbocycles. The van der Waals surface area contributed by atoms with Gasteiger partial charge in [-0.05, 0) is 36.4 Å². The van der Waals surface area contributed by atoms with Crippen molar-refractivity contribution in [1.82, 2.24) is 15.6 Å². The molecule has 2 rings (SSSR count). The first-order valence-corrected chi connectivity index (χ1v) is 9.32. The summed E-state index contributed by atoms with van der Waals surface area (Å²) in [6, 6.07) is 11.6. The van der Waals surface area contributed by atoms with E-state index >= 15 is 0 Å². The van der Waals surface area contributed by atoms with Gasteiger partial charge in [-0.1, -0.05) is 12.1 Å². The number of methoxy groups -OCH3 is 1. The number of sulfonamides is 1. The average Bonchev–Trinajstić information content (AvgIpc) is 2.66. The number of hydrogen-bond acceptors (Lipinski definition) is 6. The van der Waals surface area contributed by atoms with Crippen LogP contribution in [-0.4, -0.2) is 39.0 Å². The van der Waals surface area contributed by atoms with Crippen LogP contribution < -0.4 is 20.3 Å². The van der Waals surface area contributed by atoms with Crippen molar-refractivity contribution >= 4 is 21.8 Å². The molecule has 0 fully saturated rings. The van der Waals surface area contributed by atoms with Gasteiger partial charge in [-0.3, -0.25) is 20.4 Å². The van der Waals surface area contributed by atoms with Gasteiger partial charge < -0.3 is 9.84 Å². The molecule has 4 N–H and O–H groups in total. The smallest absolute Gasteiger partial charge is 0.273 e. The molecule has 2 aromatic carbocycles. The van der Waals surface area contributed by atoms with Crippen molar-refractivity contribution in [3.05, 3.63) is 54.1 Å². The maximum absolute atomic E-state index is 12.1. The van der Waals surface area contributed by atoms with E-state index < -0.39 is 21.8 Å². The number of hydrazine groups is 1. The second kappa shape index (κ2) is 9.01. The molecule has 27 heavy (non-hydrogen) atoms. The predicted octanol–water partition coefficient (Wildman–Crippen LogP) is 0.530. The highest BCUT2D eigenvalue weighted by Crippen LogP contribution is 2.15. The summed E-state index contributed by atoms with van der Waals surface area (Å²) in [7, 11) is -2.30. The number of para-hydroxylation sites is 1. The summed E-state index contributed by atoms with van der Waals surface area (Å²) < 4.78 is 31.5. The van der Waals surface area contributed by atoms with Crippen LogP contribution in [0.1, 0.15) is 16.8 Å². The average molecular weight is 393 g/mol. The van der Waals surface area contributed by atoms with Crippen LogP contribution in [0.5, 0.6) is 11.5 Å². The minimum absolute atomic E-state index is 0.00184. The first-order valence-electron chi connectivity index (χ1n) is 7.84. The molecule has 0 aliphatic carbocycles. The summed E-state index contributed by atoms with van der Waals surface area (Å²) in [5.74, 6) is -0.999. The SMILES string of the molecule is COc1ccc(S(=O)(=O)NCCC(=O)NNC(=O)c2ccccc2O)cc1. The van der Waals surface area contributed by atoms with Crippen LogP contribution in [0.4, 0.5) is 0 Å². The van der Waals surface area contributed by atoms with E-state index in [2.05, 4.69) is 15.6 Å². The Balaban J connectivity index is 1.79. The lowest BCUT2D eigenvalue weighted by atomic mass is 10.2. The van der Waals surface area contributed by atoms with Gasteiger partial charge >= 0.3 is 0 Å². The van der Waals surface area contributed by atoms with Crippen LogP contribution in [0.2, 0.25) is 0 Å². The van der Waals surface area contributed by atoms with E-state index in [1.165, 1.54) is 43.5 Å². The molecule has 0 aliphatic heterocycles. The monoisotopic (exact) mass is 393 g/mol. The van der Waals surface area contributed by atoms with E-state index in [1.54, 1.807) is 12.1 Å². The fourth-order valence-electron chi connectivity index (χ4n) is 2.06. The summed E-state index contributed by atoms with van der Waals surface area (Å²) in [4.78, 5) is 23.6. The van der Waals surface area contributed by atoms with Crippen molar-refractivity contribution < 1.29 is 27.9 Å². The fraction of sp³-hybridized carbons (Fsp3) is 0.176. The second-order valence-electron chi connectivity index (χ2n) is 5.34. The zero-order valence-electron chi connectivity index (χ0n) is 14.4. The molecule has 0 atom stereocenters. The van der Waals surface area contributed by atoms with Gasteiger partial charge in [-0.25, -0.2) is 13.1 Å². The lowest BCUT2D eigenvalue weighted by molar-refractivity contribution is -0.121. The Morgan fingerprint density at radius 2 is 1.70 bits per heavy atom. The third-order valence-corrected chi connectivity index (χ3v) is 4.95. The normalized spacial score (nSPS) is 10.9. The molecule has 0 radical (unpaired) electrons. The molecule has 144 valence electrons. The lowest BCUT2D eigenvalue weighted by Gasteiger charge is -2.09. The van der Waals surface area contributed by atoms with E-state index in [-0.39, 0.29) is 29.2 Å². The summed E-state index contributed by atoms with van der Waals surface area (Å²) >= 11 is 0. The maximum atomic E-state index is 12.1. The largest absolute Gasteiger partial charge is 0.507 e. The van der Waals surface area contributed by atoms with Crippen LogP contribution in [0, 0.1) is 0 Å². The number of phenolic OH excluding ortho intramolecular Hbond substituents is 1. The van der Waals surface area contributed by atoms with Gasteiger partial charge in [-0.15, -0.1) is 0 Å². The van der Waals surface area contributed by atoms with Crippen LogP contribution in [0.15, 0.2) is 53.4 Å². The zero-order chi connectivity index (χ0) is 19.9. The van der Waals surface area contributed by atoms with Crippen molar-refractivity contribution in [2.45, 2.75) is 11.3 Å². The van der Waals surface area contributed by atoms with E-state index in [0.717, 1.165) is 0 Å². The zero-order valence-corrected chi connectivity index (χ0v) is 15.2. The Morgan fingerprint density at radius 1 is 1.04 bits per heavy atom. The van der Waals surface area contributed by atoms with Crippen LogP contribution >= 0.6 is 0 Å². The van der Waals surface area contributed by atoms with Crippen molar-refractivity contribution in [2.75, 3.05) is 13.7 Å². The molecular formula is C17H19N3O6S. The number of ether oxygens (including phenoxy) is 1. The van der Waals surface area contributed by atoms with E-state index in [9.17, 15) is 23.1 Å². The molecule has 0 unspecified atom stereocenters. The summed E-state index contributed by atoms with van der Waals surface area (Å²) in [6.07, 6.45) is -0.198. The molecule has 2 amide bonds. The molecule has 0 aliphatic rings. The molecule has 10 heteroatoms. The first kappa shape index (κ1) is 20.2. The standard InChI is InChI=1S/C17H19N3O6S/c1-26-12-6-8-13(9-7-12)27(24,25)18-11-10-16(22)19-20-17(23)14-4-2-3-5-15(14)21/h2-9,18,21H,10-11H2,1H3,(H,19,22)(H,20,23). The van der Waals surface area contributed by atoms with Crippen molar-refractivity contribution in [2.24, 2.45) is 0 Å². The highest BCUT2D eigenvalue weighted by atomic mass is 32.2. The maximum Gasteiger partial charge on any atom is 0.273 e. The molecule has 0 spiro atoms. The predicted molar refractivity (Wildman–Crippen MR) is 96.5 cm³/mol. The minimum Gasteiger partial charge on any atom is -0.507 e. The Bertz CT molecular complexity index is 913. The number of carbonyl (C=O) groups is 2. The van der Waals surface area contributed by atoms with Gasteiger partial charge in [0.1, 0.15) is 11.5 Å². The van der Waals surface area contributed by atoms with Gasteiger partial charge in [0.25, 0.3) is 5.91 Å². The van der Waals surface area contributed by atoms with Crippen LogP contribution in [-0.2, 0) is 14.8 Å². The molecule has 0 aromatic heterocycles. The number of benzene rings is 2. The molecular weight excluding hydrogens is 374 g/mol. The van der Waals surface area contributed by atoms with Gasteiger partial charge in [0, 0.05) is 13.0 Å². The van der Waals surface area contributed by atoms with Crippen LogP contribution in [0.25, 0.3) is 0 Å². The molecule has 2 aromatic rings. The van der Waals surface area contributed by atoms with Gasteiger partial charge in [0.2, 0.25) is 15.9 Å². The van der Waals surface area contributed by atoms with Gasteiger partial charge in [0.05, 0.1) is 17.6 Å². The van der Waals surface area contributed by atoms with Gasteiger partial charge in [-0.2, -0.15) is 0 Å². The van der Waals surface area contributed by atoms with E-state index in [0.29, 0.717) is 5.75 Å². The molecule has 9 nitrogen and oxygen atoms in total. The number of rotatable bonds is 7. The summed E-state index contributed by atoms with van der Waals surface area (Å²) in [6.45, 7) is -0.160. The molecule has 0 heterocycles. The van der Waals surface area contributed by atoms with Crippen molar-refractivity contribution in [3.8, 4) is 11.5 Å².